The molecule has 1 atom stereocenters. The minimum absolute atomic E-state index is 0.0494. The van der Waals surface area contributed by atoms with Gasteiger partial charge in [-0.15, -0.1) is 0 Å². The van der Waals surface area contributed by atoms with Crippen LogP contribution >= 0.6 is 7.60 Å². The molecule has 3 N–H and O–H groups in total. The van der Waals surface area contributed by atoms with Crippen LogP contribution < -0.4 is 0 Å². The highest BCUT2D eigenvalue weighted by Crippen LogP contribution is 2.52. The molecule has 0 aromatic heterocycles. The van der Waals surface area contributed by atoms with Crippen molar-refractivity contribution in [3.05, 3.63) is 24.3 Å². The van der Waals surface area contributed by atoms with Crippen molar-refractivity contribution in [3.8, 4) is 0 Å². The monoisotopic (exact) mass is 516 g/mol. The van der Waals surface area contributed by atoms with Crippen LogP contribution in [0.15, 0.2) is 24.3 Å². The van der Waals surface area contributed by atoms with E-state index < -0.39 is 12.9 Å². The van der Waals surface area contributed by atoms with Crippen LogP contribution in [0.25, 0.3) is 0 Å². The Morgan fingerprint density at radius 3 is 1.31 bits per heavy atom. The summed E-state index contributed by atoms with van der Waals surface area (Å²) in [5.41, 5.74) is 0. The summed E-state index contributed by atoms with van der Waals surface area (Å²) in [5, 5.41) is 8.63. The lowest BCUT2D eigenvalue weighted by Crippen LogP contribution is -2.49. The molecule has 0 radical (unpaired) electrons. The number of hydrogen-bond acceptors (Lipinski definition) is 2. The SMILES string of the molecule is CCCCCC/C=C\CCCCCCCCC/C=C\CCCCCC(O)(C[N+](C)(C)C)P(=O)(O)O. The van der Waals surface area contributed by atoms with E-state index in [0.29, 0.717) is 10.9 Å². The first-order valence-corrected chi connectivity index (χ1v) is 16.0. The third kappa shape index (κ3) is 21.4. The molecular weight excluding hydrogens is 457 g/mol. The second-order valence-electron chi connectivity index (χ2n) is 11.4. The van der Waals surface area contributed by atoms with Gasteiger partial charge in [-0.1, -0.05) is 89.0 Å². The van der Waals surface area contributed by atoms with E-state index in [0.717, 1.165) is 25.7 Å². The Bertz CT molecular complexity index is 594. The summed E-state index contributed by atoms with van der Waals surface area (Å²) < 4.78 is 12.1. The summed E-state index contributed by atoms with van der Waals surface area (Å²) in [5.74, 6) is 0. The van der Waals surface area contributed by atoms with Gasteiger partial charge < -0.3 is 19.4 Å². The lowest BCUT2D eigenvalue weighted by Gasteiger charge is -2.35. The van der Waals surface area contributed by atoms with Gasteiger partial charge in [0.25, 0.3) is 0 Å². The number of hydrogen-bond donors (Lipinski definition) is 3. The molecule has 0 saturated carbocycles. The average Bonchev–Trinajstić information content (AvgIpc) is 2.75. The molecule has 6 heteroatoms. The first-order valence-electron chi connectivity index (χ1n) is 14.4. The number of aliphatic hydroxyl groups is 1. The van der Waals surface area contributed by atoms with E-state index in [9.17, 15) is 19.5 Å². The molecule has 0 aliphatic rings. The van der Waals surface area contributed by atoms with Crippen molar-refractivity contribution >= 4 is 7.60 Å². The fraction of sp³-hybridized carbons (Fsp3) is 0.862. The van der Waals surface area contributed by atoms with E-state index in [1.54, 1.807) is 0 Å². The van der Waals surface area contributed by atoms with Gasteiger partial charge in [0.15, 0.2) is 0 Å². The average molecular weight is 517 g/mol. The second kappa shape index (κ2) is 20.6. The quantitative estimate of drug-likeness (QED) is 0.0524. The maximum atomic E-state index is 11.8. The predicted molar refractivity (Wildman–Crippen MR) is 152 cm³/mol. The van der Waals surface area contributed by atoms with Gasteiger partial charge in [-0.25, -0.2) is 0 Å². The van der Waals surface area contributed by atoms with E-state index in [1.807, 2.05) is 21.1 Å². The minimum atomic E-state index is -4.56. The van der Waals surface area contributed by atoms with Gasteiger partial charge in [0.05, 0.1) is 21.1 Å². The van der Waals surface area contributed by atoms with Crippen LogP contribution in [-0.2, 0) is 4.57 Å². The molecule has 0 heterocycles. The molecule has 5 nitrogen and oxygen atoms in total. The zero-order valence-electron chi connectivity index (χ0n) is 23.6. The van der Waals surface area contributed by atoms with Crippen LogP contribution in [0.2, 0.25) is 0 Å². The maximum Gasteiger partial charge on any atom is 0.362 e. The molecule has 0 aromatic carbocycles. The number of unbranched alkanes of at least 4 members (excludes halogenated alkanes) is 15. The summed E-state index contributed by atoms with van der Waals surface area (Å²) >= 11 is 0. The van der Waals surface area contributed by atoms with E-state index in [1.165, 1.54) is 83.5 Å². The lowest BCUT2D eigenvalue weighted by atomic mass is 10.1. The predicted octanol–water partition coefficient (Wildman–Crippen LogP) is 8.10. The number of quaternary nitrogens is 1. The molecule has 208 valence electrons. The first kappa shape index (κ1) is 34.6. The lowest BCUT2D eigenvalue weighted by molar-refractivity contribution is -0.875. The molecule has 0 aliphatic heterocycles. The highest BCUT2D eigenvalue weighted by atomic mass is 31.2. The van der Waals surface area contributed by atoms with Crippen LogP contribution in [-0.4, -0.2) is 52.4 Å². The molecule has 0 fully saturated rings. The normalized spacial score (nSPS) is 14.8. The molecule has 0 saturated heterocycles. The minimum Gasteiger partial charge on any atom is -0.373 e. The molecule has 0 spiro atoms. The van der Waals surface area contributed by atoms with Gasteiger partial charge in [-0.3, -0.25) is 4.57 Å². The Hall–Kier alpha value is -0.450. The Balaban J connectivity index is 3.58. The van der Waals surface area contributed by atoms with E-state index in [4.69, 9.17) is 0 Å². The number of likely N-dealkylation sites (N-methyl/N-ethyl adjacent to an activating group) is 1. The fourth-order valence-corrected chi connectivity index (χ4v) is 5.55. The van der Waals surface area contributed by atoms with Gasteiger partial charge >= 0.3 is 7.60 Å². The molecule has 0 aromatic rings. The summed E-state index contributed by atoms with van der Waals surface area (Å²) in [7, 11) is 0.948. The van der Waals surface area contributed by atoms with Crippen molar-refractivity contribution < 1.29 is 23.9 Å². The summed E-state index contributed by atoms with van der Waals surface area (Å²) in [6.07, 6.45) is 31.3. The maximum absolute atomic E-state index is 11.8. The van der Waals surface area contributed by atoms with Crippen molar-refractivity contribution in [1.82, 2.24) is 0 Å². The van der Waals surface area contributed by atoms with Crippen LogP contribution in [0.1, 0.15) is 129 Å². The van der Waals surface area contributed by atoms with Crippen LogP contribution in [0.3, 0.4) is 0 Å². The number of nitrogens with zero attached hydrogens (tertiary/aromatic N) is 1. The number of allylic oxidation sites excluding steroid dienone is 4. The Labute approximate surface area is 217 Å². The molecular formula is C29H59NO4P+. The molecule has 1 unspecified atom stereocenters. The van der Waals surface area contributed by atoms with Crippen molar-refractivity contribution in [2.24, 2.45) is 0 Å². The van der Waals surface area contributed by atoms with Gasteiger partial charge in [0.1, 0.15) is 6.54 Å². The first-order chi connectivity index (χ1) is 16.5. The third-order valence-electron chi connectivity index (χ3n) is 6.52. The van der Waals surface area contributed by atoms with Crippen molar-refractivity contribution in [2.45, 2.75) is 134 Å². The zero-order valence-corrected chi connectivity index (χ0v) is 24.5. The fourth-order valence-electron chi connectivity index (χ4n) is 4.49. The van der Waals surface area contributed by atoms with Crippen molar-refractivity contribution in [2.75, 3.05) is 27.7 Å². The van der Waals surface area contributed by atoms with Crippen molar-refractivity contribution in [3.63, 3.8) is 0 Å². The topological polar surface area (TPSA) is 77.8 Å². The van der Waals surface area contributed by atoms with E-state index in [2.05, 4.69) is 31.2 Å². The Morgan fingerprint density at radius 1 is 0.629 bits per heavy atom. The van der Waals surface area contributed by atoms with Gasteiger partial charge in [0, 0.05) is 0 Å². The zero-order chi connectivity index (χ0) is 26.5. The molecule has 0 aliphatic carbocycles. The number of rotatable bonds is 24. The Morgan fingerprint density at radius 2 is 0.971 bits per heavy atom. The summed E-state index contributed by atoms with van der Waals surface area (Å²) in [6, 6.07) is 0. The standard InChI is InChI=1S/C29H58NO4P/c1-5-6-7-8-9-10-11-12-13-14-15-16-17-18-19-20-21-22-23-24-25-26-27-29(31,35(32,33)34)28-30(2,3)4/h10-11,21-22,31H,5-9,12-20,23-28H2,1-4H3,(H-,32,33,34)/p+1/b11-10-,22-21-. The van der Waals surface area contributed by atoms with E-state index >= 15 is 0 Å². The van der Waals surface area contributed by atoms with Gasteiger partial charge in [0.2, 0.25) is 5.34 Å². The van der Waals surface area contributed by atoms with Gasteiger partial charge in [-0.05, 0) is 64.2 Å². The second-order valence-corrected chi connectivity index (χ2v) is 13.3. The molecule has 0 bridgehead atoms. The van der Waals surface area contributed by atoms with Crippen LogP contribution in [0.4, 0.5) is 0 Å². The summed E-state index contributed by atoms with van der Waals surface area (Å²) in [6.45, 7) is 2.31. The van der Waals surface area contributed by atoms with Crippen LogP contribution in [0, 0.1) is 0 Å². The molecule has 0 amide bonds. The third-order valence-corrected chi connectivity index (χ3v) is 7.97. The van der Waals surface area contributed by atoms with E-state index in [-0.39, 0.29) is 13.0 Å². The van der Waals surface area contributed by atoms with Gasteiger partial charge in [-0.2, -0.15) is 0 Å². The molecule has 0 rings (SSSR count). The van der Waals surface area contributed by atoms with Crippen molar-refractivity contribution in [1.29, 1.82) is 0 Å². The highest BCUT2D eigenvalue weighted by Gasteiger charge is 2.48. The smallest absolute Gasteiger partial charge is 0.362 e. The molecule has 35 heavy (non-hydrogen) atoms. The van der Waals surface area contributed by atoms with Crippen LogP contribution in [0.5, 0.6) is 0 Å². The Kier molecular flexibility index (Phi) is 20.3. The summed E-state index contributed by atoms with van der Waals surface area (Å²) in [4.78, 5) is 19.2. The largest absolute Gasteiger partial charge is 0.373 e. The highest BCUT2D eigenvalue weighted by molar-refractivity contribution is 7.53.